The van der Waals surface area contributed by atoms with Gasteiger partial charge in [0, 0.05) is 16.8 Å². The number of para-hydroxylation sites is 1. The minimum Gasteiger partial charge on any atom is -0.273 e. The normalized spacial score (nSPS) is 11.1. The topological polar surface area (TPSA) is 59.3 Å². The highest BCUT2D eigenvalue weighted by atomic mass is 35.5. The van der Waals surface area contributed by atoms with Gasteiger partial charge in [0.1, 0.15) is 5.69 Å². The molecule has 0 fully saturated rings. The van der Waals surface area contributed by atoms with E-state index in [4.69, 9.17) is 16.7 Å². The fourth-order valence-corrected chi connectivity index (χ4v) is 3.66. The molecule has 0 bridgehead atoms. The van der Waals surface area contributed by atoms with Crippen molar-refractivity contribution in [3.05, 3.63) is 94.5 Å². The van der Waals surface area contributed by atoms with E-state index in [1.54, 1.807) is 29.7 Å². The maximum absolute atomic E-state index is 12.2. The molecule has 1 N–H and O–H groups in total. The molecular formula is C22H17ClN4OS. The Morgan fingerprint density at radius 2 is 1.90 bits per heavy atom. The molecule has 1 amide bonds. The van der Waals surface area contributed by atoms with Crippen molar-refractivity contribution in [2.45, 2.75) is 6.42 Å². The van der Waals surface area contributed by atoms with Gasteiger partial charge in [-0.15, -0.1) is 11.3 Å². The van der Waals surface area contributed by atoms with E-state index in [0.717, 1.165) is 27.4 Å². The number of benzene rings is 2. The summed E-state index contributed by atoms with van der Waals surface area (Å²) in [5.41, 5.74) is 6.05. The van der Waals surface area contributed by atoms with Gasteiger partial charge in [-0.3, -0.25) is 4.79 Å². The summed E-state index contributed by atoms with van der Waals surface area (Å²) in [5, 5.41) is 11.5. The number of nitrogens with zero attached hydrogens (tertiary/aromatic N) is 3. The van der Waals surface area contributed by atoms with Crippen molar-refractivity contribution in [3.8, 4) is 16.3 Å². The van der Waals surface area contributed by atoms with Crippen LogP contribution >= 0.6 is 22.9 Å². The fourth-order valence-electron chi connectivity index (χ4n) is 2.80. The maximum atomic E-state index is 12.2. The van der Waals surface area contributed by atoms with Crippen LogP contribution in [0.25, 0.3) is 16.3 Å². The minimum absolute atomic E-state index is 0.198. The van der Waals surface area contributed by atoms with Crippen LogP contribution in [0.3, 0.4) is 0 Å². The Bertz CT molecular complexity index is 1120. The number of carbonyl (C=O) groups is 1. The van der Waals surface area contributed by atoms with E-state index < -0.39 is 0 Å². The Labute approximate surface area is 177 Å². The highest BCUT2D eigenvalue weighted by Gasteiger charge is 2.12. The molecule has 0 saturated carbocycles. The van der Waals surface area contributed by atoms with Gasteiger partial charge in [-0.1, -0.05) is 48.0 Å². The van der Waals surface area contributed by atoms with Crippen LogP contribution in [-0.2, 0) is 11.2 Å². The lowest BCUT2D eigenvalue weighted by Crippen LogP contribution is -2.19. The number of carbonyl (C=O) groups excluding carboxylic acids is 1. The molecule has 2 aromatic carbocycles. The van der Waals surface area contributed by atoms with Gasteiger partial charge in [0.05, 0.1) is 23.2 Å². The van der Waals surface area contributed by atoms with Crippen molar-refractivity contribution < 1.29 is 4.79 Å². The number of nitrogens with one attached hydrogen (secondary N) is 1. The summed E-state index contributed by atoms with van der Waals surface area (Å²) in [6, 6.07) is 21.0. The highest BCUT2D eigenvalue weighted by Crippen LogP contribution is 2.26. The summed E-state index contributed by atoms with van der Waals surface area (Å²) in [6.07, 6.45) is 3.76. The van der Waals surface area contributed by atoms with E-state index in [2.05, 4.69) is 10.5 Å². The summed E-state index contributed by atoms with van der Waals surface area (Å²) in [5.74, 6) is -0.198. The molecule has 0 atom stereocenters. The van der Waals surface area contributed by atoms with E-state index in [1.807, 2.05) is 70.9 Å². The van der Waals surface area contributed by atoms with E-state index in [-0.39, 0.29) is 12.3 Å². The first kappa shape index (κ1) is 19.1. The molecule has 2 heterocycles. The Hall–Kier alpha value is -3.22. The van der Waals surface area contributed by atoms with Crippen LogP contribution in [0.4, 0.5) is 0 Å². The molecule has 144 valence electrons. The van der Waals surface area contributed by atoms with Crippen LogP contribution in [0.2, 0.25) is 5.02 Å². The van der Waals surface area contributed by atoms with Gasteiger partial charge >= 0.3 is 0 Å². The predicted octanol–water partition coefficient (Wildman–Crippen LogP) is 4.95. The first-order valence-electron chi connectivity index (χ1n) is 8.94. The van der Waals surface area contributed by atoms with Crippen molar-refractivity contribution in [3.63, 3.8) is 0 Å². The zero-order valence-electron chi connectivity index (χ0n) is 15.3. The molecule has 29 heavy (non-hydrogen) atoms. The first-order valence-corrected chi connectivity index (χ1v) is 10.2. The van der Waals surface area contributed by atoms with Crippen LogP contribution in [0.5, 0.6) is 0 Å². The molecule has 0 aliphatic carbocycles. The highest BCUT2D eigenvalue weighted by molar-refractivity contribution is 7.13. The number of hydrazone groups is 1. The van der Waals surface area contributed by atoms with Gasteiger partial charge in [-0.2, -0.15) is 10.2 Å². The van der Waals surface area contributed by atoms with Gasteiger partial charge in [0.15, 0.2) is 0 Å². The quantitative estimate of drug-likeness (QED) is 0.354. The molecule has 0 radical (unpaired) electrons. The van der Waals surface area contributed by atoms with Crippen LogP contribution in [0.15, 0.2) is 83.4 Å². The zero-order valence-corrected chi connectivity index (χ0v) is 16.9. The van der Waals surface area contributed by atoms with Gasteiger partial charge in [-0.05, 0) is 41.3 Å². The van der Waals surface area contributed by atoms with Crippen molar-refractivity contribution >= 4 is 35.1 Å². The number of hydrogen-bond acceptors (Lipinski definition) is 4. The first-order chi connectivity index (χ1) is 14.2. The average Bonchev–Trinajstić information content (AvgIpc) is 3.40. The molecule has 0 aliphatic heterocycles. The second kappa shape index (κ2) is 8.86. The lowest BCUT2D eigenvalue weighted by molar-refractivity contribution is -0.120. The third-order valence-electron chi connectivity index (χ3n) is 4.19. The largest absolute Gasteiger partial charge is 0.273 e. The lowest BCUT2D eigenvalue weighted by Gasteiger charge is -2.00. The number of aromatic nitrogens is 2. The van der Waals surface area contributed by atoms with Crippen LogP contribution in [0, 0.1) is 0 Å². The molecular weight excluding hydrogens is 404 g/mol. The summed E-state index contributed by atoms with van der Waals surface area (Å²) >= 11 is 7.48. The van der Waals surface area contributed by atoms with Crippen LogP contribution in [-0.4, -0.2) is 21.9 Å². The molecule has 0 unspecified atom stereocenters. The van der Waals surface area contributed by atoms with Crippen LogP contribution < -0.4 is 5.43 Å². The summed E-state index contributed by atoms with van der Waals surface area (Å²) in [4.78, 5) is 13.2. The van der Waals surface area contributed by atoms with E-state index >= 15 is 0 Å². The molecule has 0 aliphatic rings. The van der Waals surface area contributed by atoms with Gasteiger partial charge in [0.25, 0.3) is 0 Å². The Balaban J connectivity index is 1.51. The van der Waals surface area contributed by atoms with Crippen LogP contribution in [0.1, 0.15) is 11.1 Å². The molecule has 4 rings (SSSR count). The number of thiophene rings is 1. The maximum Gasteiger partial charge on any atom is 0.244 e. The Kier molecular flexibility index (Phi) is 5.84. The monoisotopic (exact) mass is 420 g/mol. The number of rotatable bonds is 6. The van der Waals surface area contributed by atoms with Gasteiger partial charge in [0.2, 0.25) is 5.91 Å². The van der Waals surface area contributed by atoms with E-state index in [0.29, 0.717) is 5.02 Å². The summed E-state index contributed by atoms with van der Waals surface area (Å²) in [6.45, 7) is 0. The molecule has 7 heteroatoms. The van der Waals surface area contributed by atoms with E-state index in [9.17, 15) is 4.79 Å². The molecule has 5 nitrogen and oxygen atoms in total. The third-order valence-corrected chi connectivity index (χ3v) is 5.32. The average molecular weight is 421 g/mol. The second-order valence-corrected chi connectivity index (χ2v) is 7.67. The van der Waals surface area contributed by atoms with E-state index in [1.165, 1.54) is 0 Å². The summed E-state index contributed by atoms with van der Waals surface area (Å²) in [7, 11) is 0. The number of amides is 1. The number of halogens is 1. The molecule has 2 aromatic heterocycles. The Morgan fingerprint density at radius 3 is 2.62 bits per heavy atom. The predicted molar refractivity (Wildman–Crippen MR) is 118 cm³/mol. The third kappa shape index (κ3) is 4.80. The molecule has 4 aromatic rings. The second-order valence-electron chi connectivity index (χ2n) is 6.29. The molecule has 0 spiro atoms. The fraction of sp³-hybridized carbons (Fsp3) is 0.0455. The Morgan fingerprint density at radius 1 is 1.10 bits per heavy atom. The van der Waals surface area contributed by atoms with Gasteiger partial charge in [-0.25, -0.2) is 10.1 Å². The van der Waals surface area contributed by atoms with Crippen molar-refractivity contribution in [1.82, 2.24) is 15.2 Å². The minimum atomic E-state index is -0.198. The smallest absolute Gasteiger partial charge is 0.244 e. The van der Waals surface area contributed by atoms with Crippen molar-refractivity contribution in [2.75, 3.05) is 0 Å². The molecule has 0 saturated heterocycles. The standard InChI is InChI=1S/C22H17ClN4OS/c23-18-10-8-16(9-11-18)13-21(28)25-24-14-17-15-27(19-5-2-1-3-6-19)26-22(17)20-7-4-12-29-20/h1-12,14-15H,13H2,(H,25,28)/b24-14-. The SMILES string of the molecule is O=C(Cc1ccc(Cl)cc1)N/N=C\c1cn(-c2ccccc2)nc1-c1cccs1. The van der Waals surface area contributed by atoms with Crippen molar-refractivity contribution in [1.29, 1.82) is 0 Å². The van der Waals surface area contributed by atoms with Crippen molar-refractivity contribution in [2.24, 2.45) is 5.10 Å². The zero-order chi connectivity index (χ0) is 20.1. The lowest BCUT2D eigenvalue weighted by atomic mass is 10.1. The number of hydrogen-bond donors (Lipinski definition) is 1. The summed E-state index contributed by atoms with van der Waals surface area (Å²) < 4.78 is 1.81. The van der Waals surface area contributed by atoms with Gasteiger partial charge < -0.3 is 0 Å².